The maximum Gasteiger partial charge on any atom is 0.226 e. The van der Waals surface area contributed by atoms with Crippen LogP contribution in [0.15, 0.2) is 24.5 Å². The summed E-state index contributed by atoms with van der Waals surface area (Å²) < 4.78 is 0. The summed E-state index contributed by atoms with van der Waals surface area (Å²) in [4.78, 5) is 15.3. The van der Waals surface area contributed by atoms with E-state index in [9.17, 15) is 4.79 Å². The molecule has 0 radical (unpaired) electrons. The molecule has 0 saturated heterocycles. The number of carbonyl (C=O) groups is 1. The summed E-state index contributed by atoms with van der Waals surface area (Å²) >= 11 is 4.62. The Kier molecular flexibility index (Phi) is 4.70. The van der Waals surface area contributed by atoms with Gasteiger partial charge in [0.05, 0.1) is 11.4 Å². The van der Waals surface area contributed by atoms with Crippen LogP contribution in [0.5, 0.6) is 0 Å². The predicted octanol–water partition coefficient (Wildman–Crippen LogP) is 0.416. The van der Waals surface area contributed by atoms with Crippen LogP contribution in [0.25, 0.3) is 0 Å². The summed E-state index contributed by atoms with van der Waals surface area (Å²) in [6.45, 7) is 0.577. The normalized spacial score (nSPS) is 9.60. The molecular weight excluding hydrogens is 210 g/mol. The molecule has 1 amide bonds. The Labute approximate surface area is 93.9 Å². The van der Waals surface area contributed by atoms with Crippen LogP contribution in [0.4, 0.5) is 0 Å². The molecule has 0 fully saturated rings. The molecule has 0 aliphatic carbocycles. The minimum absolute atomic E-state index is 0.113. The molecule has 0 spiro atoms. The number of aromatic nitrogens is 1. The monoisotopic (exact) mass is 223 g/mol. The van der Waals surface area contributed by atoms with Gasteiger partial charge in [-0.3, -0.25) is 9.78 Å². The van der Waals surface area contributed by atoms with Gasteiger partial charge in [0.25, 0.3) is 0 Å². The molecule has 80 valence electrons. The lowest BCUT2D eigenvalue weighted by molar-refractivity contribution is -0.119. The van der Waals surface area contributed by atoms with E-state index < -0.39 is 0 Å². The first-order valence-corrected chi connectivity index (χ1v) is 5.03. The zero-order valence-electron chi connectivity index (χ0n) is 8.27. The minimum atomic E-state index is -0.133. The lowest BCUT2D eigenvalue weighted by Gasteiger charge is -2.03. The molecule has 0 aromatic carbocycles. The Balaban J connectivity index is 2.22. The fourth-order valence-electron chi connectivity index (χ4n) is 1.11. The third-order valence-electron chi connectivity index (χ3n) is 1.79. The molecule has 1 aromatic heterocycles. The van der Waals surface area contributed by atoms with Gasteiger partial charge in [0, 0.05) is 18.9 Å². The lowest BCUT2D eigenvalue weighted by atomic mass is 10.2. The van der Waals surface area contributed by atoms with Crippen molar-refractivity contribution < 1.29 is 4.79 Å². The van der Waals surface area contributed by atoms with Gasteiger partial charge >= 0.3 is 0 Å². The van der Waals surface area contributed by atoms with Crippen LogP contribution in [0, 0.1) is 0 Å². The third kappa shape index (κ3) is 5.07. The fraction of sp³-hybridized carbons (Fsp3) is 0.300. The van der Waals surface area contributed by atoms with E-state index >= 15 is 0 Å². The summed E-state index contributed by atoms with van der Waals surface area (Å²) in [6.07, 6.45) is 4.37. The van der Waals surface area contributed by atoms with Crippen LogP contribution in [0.3, 0.4) is 0 Å². The highest BCUT2D eigenvalue weighted by molar-refractivity contribution is 7.80. The van der Waals surface area contributed by atoms with Crippen LogP contribution < -0.4 is 11.1 Å². The number of amides is 1. The van der Waals surface area contributed by atoms with E-state index in [2.05, 4.69) is 22.5 Å². The number of nitrogens with two attached hydrogens (primary N) is 1. The van der Waals surface area contributed by atoms with E-state index in [0.717, 1.165) is 12.0 Å². The largest absolute Gasteiger partial charge is 0.393 e. The Morgan fingerprint density at radius 1 is 1.60 bits per heavy atom. The van der Waals surface area contributed by atoms with Crippen molar-refractivity contribution in [2.24, 2.45) is 5.73 Å². The Bertz CT molecular complexity index is 340. The molecule has 0 atom stereocenters. The molecule has 5 heteroatoms. The first kappa shape index (κ1) is 11.6. The molecule has 1 aromatic rings. The number of carbonyl (C=O) groups excluding carboxylic acids is 1. The molecule has 1 rings (SSSR count). The number of pyridine rings is 1. The highest BCUT2D eigenvalue weighted by atomic mass is 32.1. The van der Waals surface area contributed by atoms with Gasteiger partial charge < -0.3 is 11.1 Å². The summed E-state index contributed by atoms with van der Waals surface area (Å²) in [5.74, 6) is -0.133. The summed E-state index contributed by atoms with van der Waals surface area (Å²) in [7, 11) is 0. The van der Waals surface area contributed by atoms with E-state index in [4.69, 9.17) is 5.73 Å². The second-order valence-electron chi connectivity index (χ2n) is 3.10. The molecule has 4 nitrogen and oxygen atoms in total. The average Bonchev–Trinajstić information content (AvgIpc) is 2.18. The van der Waals surface area contributed by atoms with Gasteiger partial charge in [0.15, 0.2) is 0 Å². The van der Waals surface area contributed by atoms with Crippen molar-refractivity contribution in [3.63, 3.8) is 0 Å². The van der Waals surface area contributed by atoms with E-state index in [1.54, 1.807) is 12.4 Å². The standard InChI is InChI=1S/C10H13N3OS/c11-9(15)6-10(14)13-5-3-8-2-1-4-12-7-8/h1-2,4,7H,3,5-6H2,(H2,11,15)(H,13,14). The topological polar surface area (TPSA) is 68.0 Å². The second-order valence-corrected chi connectivity index (χ2v) is 3.63. The van der Waals surface area contributed by atoms with Crippen LogP contribution in [-0.2, 0) is 11.2 Å². The predicted molar refractivity (Wildman–Crippen MR) is 62.4 cm³/mol. The Morgan fingerprint density at radius 3 is 3.00 bits per heavy atom. The van der Waals surface area contributed by atoms with Crippen LogP contribution >= 0.6 is 12.2 Å². The maximum atomic E-state index is 11.1. The molecule has 1 heterocycles. The number of nitrogens with zero attached hydrogens (tertiary/aromatic N) is 1. The van der Waals surface area contributed by atoms with Crippen LogP contribution in [-0.4, -0.2) is 22.4 Å². The molecule has 0 aliphatic heterocycles. The van der Waals surface area contributed by atoms with Gasteiger partial charge in [0.1, 0.15) is 0 Å². The van der Waals surface area contributed by atoms with Crippen molar-refractivity contribution in [1.29, 1.82) is 0 Å². The molecule has 0 bridgehead atoms. The first-order chi connectivity index (χ1) is 7.18. The van der Waals surface area contributed by atoms with Gasteiger partial charge in [-0.25, -0.2) is 0 Å². The maximum absolute atomic E-state index is 11.1. The number of nitrogens with one attached hydrogen (secondary N) is 1. The SMILES string of the molecule is NC(=S)CC(=O)NCCc1cccnc1. The van der Waals surface area contributed by atoms with Gasteiger partial charge in [-0.1, -0.05) is 18.3 Å². The lowest BCUT2D eigenvalue weighted by Crippen LogP contribution is -2.29. The number of hydrogen-bond donors (Lipinski definition) is 2. The van der Waals surface area contributed by atoms with Crippen molar-refractivity contribution in [1.82, 2.24) is 10.3 Å². The Morgan fingerprint density at radius 2 is 2.40 bits per heavy atom. The van der Waals surface area contributed by atoms with Crippen LogP contribution in [0.2, 0.25) is 0 Å². The van der Waals surface area contributed by atoms with E-state index in [1.165, 1.54) is 0 Å². The third-order valence-corrected chi connectivity index (χ3v) is 1.94. The highest BCUT2D eigenvalue weighted by Crippen LogP contribution is 1.95. The zero-order valence-corrected chi connectivity index (χ0v) is 9.09. The van der Waals surface area contributed by atoms with Crippen molar-refractivity contribution in [2.75, 3.05) is 6.54 Å². The van der Waals surface area contributed by atoms with E-state index in [0.29, 0.717) is 6.54 Å². The van der Waals surface area contributed by atoms with E-state index in [-0.39, 0.29) is 17.3 Å². The summed E-state index contributed by atoms with van der Waals surface area (Å²) in [5, 5.41) is 2.73. The Hall–Kier alpha value is -1.49. The first-order valence-electron chi connectivity index (χ1n) is 4.62. The van der Waals surface area contributed by atoms with Crippen LogP contribution in [0.1, 0.15) is 12.0 Å². The summed E-state index contributed by atoms with van der Waals surface area (Å²) in [5.41, 5.74) is 6.33. The van der Waals surface area contributed by atoms with Gasteiger partial charge in [-0.15, -0.1) is 0 Å². The summed E-state index contributed by atoms with van der Waals surface area (Å²) in [6, 6.07) is 3.83. The molecule has 15 heavy (non-hydrogen) atoms. The number of thiocarbonyl (C=S) groups is 1. The average molecular weight is 223 g/mol. The molecular formula is C10H13N3OS. The zero-order chi connectivity index (χ0) is 11.1. The van der Waals surface area contributed by atoms with Gasteiger partial charge in [-0.05, 0) is 18.1 Å². The smallest absolute Gasteiger partial charge is 0.226 e. The van der Waals surface area contributed by atoms with E-state index in [1.807, 2.05) is 12.1 Å². The molecule has 0 saturated carbocycles. The van der Waals surface area contributed by atoms with Gasteiger partial charge in [-0.2, -0.15) is 0 Å². The fourth-order valence-corrected chi connectivity index (χ4v) is 1.24. The molecule has 0 aliphatic rings. The molecule has 0 unspecified atom stereocenters. The minimum Gasteiger partial charge on any atom is -0.393 e. The van der Waals surface area contributed by atoms with Gasteiger partial charge in [0.2, 0.25) is 5.91 Å². The highest BCUT2D eigenvalue weighted by Gasteiger charge is 2.01. The van der Waals surface area contributed by atoms with Crippen molar-refractivity contribution in [3.8, 4) is 0 Å². The van der Waals surface area contributed by atoms with Crippen molar-refractivity contribution >= 4 is 23.1 Å². The number of hydrogen-bond acceptors (Lipinski definition) is 3. The second kappa shape index (κ2) is 6.08. The number of rotatable bonds is 5. The van der Waals surface area contributed by atoms with Crippen molar-refractivity contribution in [2.45, 2.75) is 12.8 Å². The molecule has 3 N–H and O–H groups in total. The van der Waals surface area contributed by atoms with Crippen molar-refractivity contribution in [3.05, 3.63) is 30.1 Å². The quantitative estimate of drug-likeness (QED) is 0.710.